The van der Waals surface area contributed by atoms with E-state index in [9.17, 15) is 5.11 Å². The molecule has 0 saturated carbocycles. The van der Waals surface area contributed by atoms with Gasteiger partial charge >= 0.3 is 5.95 Å². The molecule has 1 unspecified atom stereocenters. The van der Waals surface area contributed by atoms with E-state index < -0.39 is 6.10 Å². The number of nitrogen functional groups attached to an aromatic ring is 1. The molecule has 1 aromatic carbocycles. The van der Waals surface area contributed by atoms with Crippen LogP contribution in [-0.4, -0.2) is 15.8 Å². The average molecular weight is 206 g/mol. The van der Waals surface area contributed by atoms with Gasteiger partial charge in [-0.2, -0.15) is 0 Å². The lowest BCUT2D eigenvalue weighted by atomic mass is 10.3. The molecule has 0 aliphatic carbocycles. The third-order valence-corrected chi connectivity index (χ3v) is 2.60. The SMILES string of the molecule is CC(O)Cn1c(N)[n+](C)c2ccccc21. The topological polar surface area (TPSA) is 55.1 Å². The van der Waals surface area contributed by atoms with Gasteiger partial charge in [-0.15, -0.1) is 0 Å². The minimum absolute atomic E-state index is 0.400. The zero-order valence-electron chi connectivity index (χ0n) is 9.01. The van der Waals surface area contributed by atoms with Crippen molar-refractivity contribution in [3.05, 3.63) is 24.3 Å². The van der Waals surface area contributed by atoms with Crippen LogP contribution < -0.4 is 10.3 Å². The van der Waals surface area contributed by atoms with E-state index in [0.29, 0.717) is 12.5 Å². The van der Waals surface area contributed by atoms with Crippen LogP contribution in [0.4, 0.5) is 5.95 Å². The number of aryl methyl sites for hydroxylation is 1. The fourth-order valence-electron chi connectivity index (χ4n) is 1.86. The molecule has 0 bridgehead atoms. The van der Waals surface area contributed by atoms with Crippen molar-refractivity contribution >= 4 is 17.0 Å². The summed E-state index contributed by atoms with van der Waals surface area (Å²) >= 11 is 0. The van der Waals surface area contributed by atoms with Gasteiger partial charge in [0.1, 0.15) is 11.0 Å². The third kappa shape index (κ3) is 1.57. The molecule has 2 rings (SSSR count). The second kappa shape index (κ2) is 3.55. The van der Waals surface area contributed by atoms with Gasteiger partial charge in [0.05, 0.1) is 19.7 Å². The van der Waals surface area contributed by atoms with Crippen LogP contribution in [0.3, 0.4) is 0 Å². The van der Waals surface area contributed by atoms with Gasteiger partial charge < -0.3 is 5.11 Å². The number of benzene rings is 1. The lowest BCUT2D eigenvalue weighted by molar-refractivity contribution is -0.630. The van der Waals surface area contributed by atoms with Crippen molar-refractivity contribution in [2.24, 2.45) is 7.05 Å². The van der Waals surface area contributed by atoms with Crippen molar-refractivity contribution in [1.82, 2.24) is 4.57 Å². The van der Waals surface area contributed by atoms with E-state index in [1.54, 1.807) is 6.92 Å². The molecule has 2 aromatic rings. The van der Waals surface area contributed by atoms with E-state index in [1.165, 1.54) is 0 Å². The van der Waals surface area contributed by atoms with Gasteiger partial charge in [0, 0.05) is 0 Å². The molecule has 0 fully saturated rings. The van der Waals surface area contributed by atoms with Crippen molar-refractivity contribution in [2.45, 2.75) is 19.6 Å². The number of imidazole rings is 1. The Kier molecular flexibility index (Phi) is 2.36. The molecule has 3 N–H and O–H groups in total. The second-order valence-electron chi connectivity index (χ2n) is 3.87. The van der Waals surface area contributed by atoms with E-state index >= 15 is 0 Å². The predicted octanol–water partition coefficient (Wildman–Crippen LogP) is 0.429. The Morgan fingerprint density at radius 3 is 2.80 bits per heavy atom. The van der Waals surface area contributed by atoms with Gasteiger partial charge in [-0.1, -0.05) is 12.1 Å². The van der Waals surface area contributed by atoms with Crippen molar-refractivity contribution in [1.29, 1.82) is 0 Å². The summed E-state index contributed by atoms with van der Waals surface area (Å²) in [6.45, 7) is 2.28. The highest BCUT2D eigenvalue weighted by Crippen LogP contribution is 2.15. The summed E-state index contributed by atoms with van der Waals surface area (Å²) in [6.07, 6.45) is -0.400. The number of aliphatic hydroxyl groups excluding tert-OH is 1. The maximum Gasteiger partial charge on any atom is 0.355 e. The number of fused-ring (bicyclic) bond motifs is 1. The van der Waals surface area contributed by atoms with Crippen LogP contribution in [-0.2, 0) is 13.6 Å². The predicted molar refractivity (Wildman–Crippen MR) is 59.2 cm³/mol. The number of nitrogens with zero attached hydrogens (tertiary/aromatic N) is 2. The van der Waals surface area contributed by atoms with Gasteiger partial charge in [0.2, 0.25) is 0 Å². The number of para-hydroxylation sites is 2. The summed E-state index contributed by atoms with van der Waals surface area (Å²) in [5, 5.41) is 9.41. The first-order valence-corrected chi connectivity index (χ1v) is 5.02. The zero-order chi connectivity index (χ0) is 11.0. The number of hydrogen-bond donors (Lipinski definition) is 2. The lowest BCUT2D eigenvalue weighted by Crippen LogP contribution is -2.32. The largest absolute Gasteiger partial charge is 0.390 e. The normalized spacial score (nSPS) is 13.3. The van der Waals surface area contributed by atoms with Crippen molar-refractivity contribution in [3.8, 4) is 0 Å². The molecule has 0 aliphatic rings. The first-order chi connectivity index (χ1) is 7.11. The zero-order valence-corrected chi connectivity index (χ0v) is 9.01. The smallest absolute Gasteiger partial charge is 0.355 e. The highest BCUT2D eigenvalue weighted by molar-refractivity contribution is 5.73. The number of aromatic nitrogens is 2. The highest BCUT2D eigenvalue weighted by Gasteiger charge is 2.18. The molecular weight excluding hydrogens is 190 g/mol. The molecule has 4 heteroatoms. The molecular formula is C11H16N3O+. The molecule has 0 saturated heterocycles. The van der Waals surface area contributed by atoms with Gasteiger partial charge in [-0.05, 0) is 19.1 Å². The molecule has 1 atom stereocenters. The highest BCUT2D eigenvalue weighted by atomic mass is 16.3. The Balaban J connectivity index is 2.66. The van der Waals surface area contributed by atoms with Crippen LogP contribution in [0, 0.1) is 0 Å². The Morgan fingerprint density at radius 2 is 2.13 bits per heavy atom. The number of hydrogen-bond acceptors (Lipinski definition) is 2. The number of anilines is 1. The van der Waals surface area contributed by atoms with Gasteiger partial charge in [-0.3, -0.25) is 5.73 Å². The van der Waals surface area contributed by atoms with Crippen LogP contribution in [0.25, 0.3) is 11.0 Å². The van der Waals surface area contributed by atoms with Crippen molar-refractivity contribution in [3.63, 3.8) is 0 Å². The second-order valence-corrected chi connectivity index (χ2v) is 3.87. The number of rotatable bonds is 2. The summed E-state index contributed by atoms with van der Waals surface area (Å²) in [5.41, 5.74) is 8.11. The van der Waals surface area contributed by atoms with Gasteiger partial charge in [0.25, 0.3) is 0 Å². The minimum Gasteiger partial charge on any atom is -0.390 e. The summed E-state index contributed by atoms with van der Waals surface area (Å²) in [7, 11) is 1.93. The van der Waals surface area contributed by atoms with Crippen molar-refractivity contribution in [2.75, 3.05) is 5.73 Å². The van der Waals surface area contributed by atoms with Crippen LogP contribution in [0.2, 0.25) is 0 Å². The molecule has 0 radical (unpaired) electrons. The molecule has 0 aliphatic heterocycles. The monoisotopic (exact) mass is 206 g/mol. The fourth-order valence-corrected chi connectivity index (χ4v) is 1.86. The number of nitrogens with two attached hydrogens (primary N) is 1. The molecule has 15 heavy (non-hydrogen) atoms. The summed E-state index contributed by atoms with van der Waals surface area (Å²) < 4.78 is 3.86. The van der Waals surface area contributed by atoms with Gasteiger partial charge in [0.15, 0.2) is 0 Å². The Bertz CT molecular complexity index is 488. The summed E-state index contributed by atoms with van der Waals surface area (Å²) in [5.74, 6) is 0.664. The average Bonchev–Trinajstić information content (AvgIpc) is 2.44. The van der Waals surface area contributed by atoms with E-state index in [4.69, 9.17) is 5.73 Å². The molecule has 1 aromatic heterocycles. The Hall–Kier alpha value is -1.55. The van der Waals surface area contributed by atoms with Gasteiger partial charge in [-0.25, -0.2) is 9.13 Å². The Labute approximate surface area is 88.6 Å². The van der Waals surface area contributed by atoms with Crippen molar-refractivity contribution < 1.29 is 9.67 Å². The first-order valence-electron chi connectivity index (χ1n) is 5.02. The fraction of sp³-hybridized carbons (Fsp3) is 0.364. The molecule has 80 valence electrons. The standard InChI is InChI=1S/C11H15N3O/c1-8(15)7-14-10-6-4-3-5-9(10)13(2)11(14)12/h3-6,8,12,15H,7H2,1-2H3/p+1. The number of aliphatic hydroxyl groups is 1. The molecule has 0 spiro atoms. The molecule has 0 amide bonds. The first kappa shape index (κ1) is 9.98. The maximum absolute atomic E-state index is 9.41. The summed E-state index contributed by atoms with van der Waals surface area (Å²) in [4.78, 5) is 0. The Morgan fingerprint density at radius 1 is 1.47 bits per heavy atom. The maximum atomic E-state index is 9.41. The molecule has 1 heterocycles. The third-order valence-electron chi connectivity index (χ3n) is 2.60. The molecule has 4 nitrogen and oxygen atoms in total. The van der Waals surface area contributed by atoms with Crippen LogP contribution in [0.5, 0.6) is 0 Å². The van der Waals surface area contributed by atoms with E-state index in [0.717, 1.165) is 11.0 Å². The minimum atomic E-state index is -0.400. The van der Waals surface area contributed by atoms with Crippen LogP contribution in [0.15, 0.2) is 24.3 Å². The van der Waals surface area contributed by atoms with Crippen LogP contribution in [0.1, 0.15) is 6.92 Å². The quantitative estimate of drug-likeness (QED) is 0.700. The lowest BCUT2D eigenvalue weighted by Gasteiger charge is -2.03. The van der Waals surface area contributed by atoms with E-state index in [1.807, 2.05) is 40.4 Å². The summed E-state index contributed by atoms with van der Waals surface area (Å²) in [6, 6.07) is 7.98. The van der Waals surface area contributed by atoms with E-state index in [-0.39, 0.29) is 0 Å². The van der Waals surface area contributed by atoms with Crippen LogP contribution >= 0.6 is 0 Å². The van der Waals surface area contributed by atoms with E-state index in [2.05, 4.69) is 0 Å².